The van der Waals surface area contributed by atoms with E-state index in [1.54, 1.807) is 0 Å². The maximum atomic E-state index is 13.3. The lowest BCUT2D eigenvalue weighted by Crippen LogP contribution is -2.23. The van der Waals surface area contributed by atoms with Gasteiger partial charge in [0.1, 0.15) is 5.82 Å². The van der Waals surface area contributed by atoms with Crippen molar-refractivity contribution in [3.05, 3.63) is 58.3 Å². The van der Waals surface area contributed by atoms with Crippen LogP contribution in [0.4, 0.5) is 15.8 Å². The van der Waals surface area contributed by atoms with E-state index in [0.717, 1.165) is 36.4 Å². The highest BCUT2D eigenvalue weighted by molar-refractivity contribution is 9.10. The van der Waals surface area contributed by atoms with Crippen LogP contribution in [-0.4, -0.2) is 6.54 Å². The van der Waals surface area contributed by atoms with Crippen LogP contribution >= 0.6 is 15.9 Å². The van der Waals surface area contributed by atoms with Gasteiger partial charge in [0.15, 0.2) is 0 Å². The number of hydrogen-bond acceptors (Lipinski definition) is 2. The lowest BCUT2D eigenvalue weighted by Gasteiger charge is -2.25. The van der Waals surface area contributed by atoms with E-state index in [9.17, 15) is 4.39 Å². The Morgan fingerprint density at radius 3 is 2.65 bits per heavy atom. The molecule has 4 heteroatoms. The van der Waals surface area contributed by atoms with Gasteiger partial charge in [0.2, 0.25) is 0 Å². The van der Waals surface area contributed by atoms with Gasteiger partial charge in [-0.15, -0.1) is 0 Å². The molecule has 0 fully saturated rings. The third kappa shape index (κ3) is 3.73. The fourth-order valence-electron chi connectivity index (χ4n) is 2.15. The molecule has 0 bridgehead atoms. The molecule has 0 aromatic heterocycles. The number of nitrogens with zero attached hydrogens (tertiary/aromatic N) is 1. The smallest absolute Gasteiger partial charge is 0.137 e. The van der Waals surface area contributed by atoms with Crippen LogP contribution in [0.25, 0.3) is 0 Å². The molecule has 0 aliphatic rings. The standard InChI is InChI=1S/C16H18BrFN2/c1-2-8-20(14-5-3-4-13(19)10-14)11-12-6-7-16(18)15(17)9-12/h3-7,9-10H,2,8,11,19H2,1H3. The number of halogens is 2. The quantitative estimate of drug-likeness (QED) is 0.809. The molecular weight excluding hydrogens is 319 g/mol. The lowest BCUT2D eigenvalue weighted by molar-refractivity contribution is 0.619. The fraction of sp³-hybridized carbons (Fsp3) is 0.250. The zero-order chi connectivity index (χ0) is 14.5. The normalized spacial score (nSPS) is 10.6. The van der Waals surface area contributed by atoms with Crippen LogP contribution < -0.4 is 10.6 Å². The second-order valence-corrected chi connectivity index (χ2v) is 5.62. The SMILES string of the molecule is CCCN(Cc1ccc(F)c(Br)c1)c1cccc(N)c1. The average molecular weight is 337 g/mol. The monoisotopic (exact) mass is 336 g/mol. The summed E-state index contributed by atoms with van der Waals surface area (Å²) in [6.07, 6.45) is 1.04. The van der Waals surface area contributed by atoms with Crippen LogP contribution in [0.2, 0.25) is 0 Å². The van der Waals surface area contributed by atoms with Crippen LogP contribution in [-0.2, 0) is 6.54 Å². The minimum Gasteiger partial charge on any atom is -0.399 e. The second kappa shape index (κ2) is 6.75. The van der Waals surface area contributed by atoms with E-state index >= 15 is 0 Å². The molecule has 2 N–H and O–H groups in total. The molecule has 0 radical (unpaired) electrons. The second-order valence-electron chi connectivity index (χ2n) is 4.77. The highest BCUT2D eigenvalue weighted by atomic mass is 79.9. The van der Waals surface area contributed by atoms with Crippen LogP contribution in [0.5, 0.6) is 0 Å². The van der Waals surface area contributed by atoms with Gasteiger partial charge in [0, 0.05) is 24.5 Å². The van der Waals surface area contributed by atoms with Crippen LogP contribution in [0, 0.1) is 5.82 Å². The summed E-state index contributed by atoms with van der Waals surface area (Å²) in [5.74, 6) is -0.236. The van der Waals surface area contributed by atoms with E-state index in [2.05, 4.69) is 27.8 Å². The summed E-state index contributed by atoms with van der Waals surface area (Å²) in [6, 6.07) is 13.0. The zero-order valence-electron chi connectivity index (χ0n) is 11.4. The molecule has 0 aliphatic carbocycles. The summed E-state index contributed by atoms with van der Waals surface area (Å²) in [6.45, 7) is 3.80. The zero-order valence-corrected chi connectivity index (χ0v) is 13.0. The molecule has 0 spiro atoms. The molecule has 106 valence electrons. The van der Waals surface area contributed by atoms with Crippen molar-refractivity contribution in [2.45, 2.75) is 19.9 Å². The first-order valence-electron chi connectivity index (χ1n) is 6.64. The maximum absolute atomic E-state index is 13.3. The minimum absolute atomic E-state index is 0.236. The number of nitrogens with two attached hydrogens (primary N) is 1. The highest BCUT2D eigenvalue weighted by Crippen LogP contribution is 2.22. The Labute approximate surface area is 127 Å². The van der Waals surface area contributed by atoms with E-state index in [1.807, 2.05) is 36.4 Å². The Hall–Kier alpha value is -1.55. The molecule has 0 saturated carbocycles. The molecular formula is C16H18BrFN2. The molecule has 0 amide bonds. The van der Waals surface area contributed by atoms with Gasteiger partial charge >= 0.3 is 0 Å². The molecule has 20 heavy (non-hydrogen) atoms. The van der Waals surface area contributed by atoms with Gasteiger partial charge in [-0.05, 0) is 58.2 Å². The molecule has 0 aliphatic heterocycles. The number of rotatable bonds is 5. The van der Waals surface area contributed by atoms with E-state index in [4.69, 9.17) is 5.73 Å². The third-order valence-corrected chi connectivity index (χ3v) is 3.69. The summed E-state index contributed by atoms with van der Waals surface area (Å²) in [4.78, 5) is 2.25. The first-order chi connectivity index (χ1) is 9.60. The fourth-order valence-corrected chi connectivity index (χ4v) is 2.58. The minimum atomic E-state index is -0.236. The van der Waals surface area contributed by atoms with Gasteiger partial charge in [0.25, 0.3) is 0 Å². The number of benzene rings is 2. The maximum Gasteiger partial charge on any atom is 0.137 e. The average Bonchev–Trinajstić information content (AvgIpc) is 2.42. The summed E-state index contributed by atoms with van der Waals surface area (Å²) in [7, 11) is 0. The number of anilines is 2. The molecule has 0 atom stereocenters. The van der Waals surface area contributed by atoms with Crippen molar-refractivity contribution in [3.63, 3.8) is 0 Å². The van der Waals surface area contributed by atoms with Gasteiger partial charge < -0.3 is 10.6 Å². The summed E-state index contributed by atoms with van der Waals surface area (Å²) in [5.41, 5.74) is 8.75. The highest BCUT2D eigenvalue weighted by Gasteiger charge is 2.08. The van der Waals surface area contributed by atoms with Crippen molar-refractivity contribution in [3.8, 4) is 0 Å². The van der Waals surface area contributed by atoms with E-state index < -0.39 is 0 Å². The molecule has 2 rings (SSSR count). The summed E-state index contributed by atoms with van der Waals surface area (Å²) < 4.78 is 13.8. The molecule has 0 unspecified atom stereocenters. The Morgan fingerprint density at radius 1 is 1.20 bits per heavy atom. The first-order valence-corrected chi connectivity index (χ1v) is 7.44. The Morgan fingerprint density at radius 2 is 2.00 bits per heavy atom. The van der Waals surface area contributed by atoms with Crippen molar-refractivity contribution in [2.75, 3.05) is 17.2 Å². The van der Waals surface area contributed by atoms with Crippen LogP contribution in [0.3, 0.4) is 0 Å². The molecule has 2 nitrogen and oxygen atoms in total. The predicted octanol–water partition coefficient (Wildman–Crippen LogP) is 4.59. The summed E-state index contributed by atoms with van der Waals surface area (Å²) in [5, 5.41) is 0. The third-order valence-electron chi connectivity index (χ3n) is 3.09. The van der Waals surface area contributed by atoms with E-state index in [1.165, 1.54) is 6.07 Å². The van der Waals surface area contributed by atoms with Gasteiger partial charge in [-0.25, -0.2) is 4.39 Å². The van der Waals surface area contributed by atoms with E-state index in [-0.39, 0.29) is 5.82 Å². The van der Waals surface area contributed by atoms with Crippen molar-refractivity contribution in [1.29, 1.82) is 0 Å². The number of nitrogen functional groups attached to an aromatic ring is 1. The largest absolute Gasteiger partial charge is 0.399 e. The topological polar surface area (TPSA) is 29.3 Å². The number of hydrogen-bond donors (Lipinski definition) is 1. The van der Waals surface area contributed by atoms with Crippen molar-refractivity contribution in [1.82, 2.24) is 0 Å². The van der Waals surface area contributed by atoms with Gasteiger partial charge in [-0.3, -0.25) is 0 Å². The van der Waals surface area contributed by atoms with Gasteiger partial charge in [-0.1, -0.05) is 19.1 Å². The van der Waals surface area contributed by atoms with Crippen molar-refractivity contribution < 1.29 is 4.39 Å². The predicted molar refractivity (Wildman–Crippen MR) is 86.3 cm³/mol. The van der Waals surface area contributed by atoms with Gasteiger partial charge in [-0.2, -0.15) is 0 Å². The summed E-state index contributed by atoms with van der Waals surface area (Å²) >= 11 is 3.23. The van der Waals surface area contributed by atoms with Crippen molar-refractivity contribution in [2.24, 2.45) is 0 Å². The van der Waals surface area contributed by atoms with E-state index in [0.29, 0.717) is 4.47 Å². The Balaban J connectivity index is 2.22. The molecule has 0 saturated heterocycles. The van der Waals surface area contributed by atoms with Crippen LogP contribution in [0.15, 0.2) is 46.9 Å². The Bertz CT molecular complexity index is 586. The Kier molecular flexibility index (Phi) is 5.01. The van der Waals surface area contributed by atoms with Crippen molar-refractivity contribution >= 4 is 27.3 Å². The molecule has 2 aromatic rings. The first kappa shape index (κ1) is 14.9. The molecule has 2 aromatic carbocycles. The van der Waals surface area contributed by atoms with Crippen LogP contribution in [0.1, 0.15) is 18.9 Å². The molecule has 0 heterocycles. The lowest BCUT2D eigenvalue weighted by atomic mass is 10.1. The van der Waals surface area contributed by atoms with Gasteiger partial charge in [0.05, 0.1) is 4.47 Å².